The molecule has 0 aliphatic heterocycles. The third-order valence-electron chi connectivity index (χ3n) is 3.99. The molecule has 0 atom stereocenters. The van der Waals surface area contributed by atoms with Crippen molar-refractivity contribution in [3.05, 3.63) is 66.0 Å². The van der Waals surface area contributed by atoms with Gasteiger partial charge in [0.1, 0.15) is 0 Å². The fourth-order valence-electron chi connectivity index (χ4n) is 2.33. The second-order valence-corrected chi connectivity index (χ2v) is 5.69. The number of carbonyl (C=O) groups is 2. The van der Waals surface area contributed by atoms with Crippen LogP contribution in [0.3, 0.4) is 0 Å². The number of carbonyl (C=O) groups excluding carboxylic acids is 2. The van der Waals surface area contributed by atoms with Crippen LogP contribution in [0.25, 0.3) is 0 Å². The van der Waals surface area contributed by atoms with Gasteiger partial charge in [0.05, 0.1) is 6.54 Å². The Bertz CT molecular complexity index is 730. The highest BCUT2D eigenvalue weighted by molar-refractivity contribution is 5.98. The van der Waals surface area contributed by atoms with Gasteiger partial charge in [-0.15, -0.1) is 0 Å². The van der Waals surface area contributed by atoms with Crippen molar-refractivity contribution in [3.8, 4) is 0 Å². The Labute approximate surface area is 142 Å². The average molecular weight is 325 g/mol. The number of aromatic nitrogens is 1. The number of hydrogen-bond donors (Lipinski definition) is 2. The van der Waals surface area contributed by atoms with Crippen molar-refractivity contribution in [1.82, 2.24) is 9.88 Å². The molecule has 5 nitrogen and oxygen atoms in total. The molecule has 24 heavy (non-hydrogen) atoms. The first-order chi connectivity index (χ1) is 11.5. The molecule has 0 saturated carbocycles. The summed E-state index contributed by atoms with van der Waals surface area (Å²) >= 11 is 0. The monoisotopic (exact) mass is 325 g/mol. The third kappa shape index (κ3) is 4.84. The number of hydrogen-bond acceptors (Lipinski definition) is 2. The van der Waals surface area contributed by atoms with E-state index < -0.39 is 0 Å². The lowest BCUT2D eigenvalue weighted by molar-refractivity contribution is -0.121. The Balaban J connectivity index is 1.78. The SMILES string of the molecule is C=CC(=O)Nc1ccc(CCC(=O)NCc2ccc(C)n2C)cc1. The van der Waals surface area contributed by atoms with E-state index >= 15 is 0 Å². The van der Waals surface area contributed by atoms with Gasteiger partial charge in [-0.3, -0.25) is 9.59 Å². The minimum Gasteiger partial charge on any atom is -0.351 e. The molecular formula is C19H23N3O2. The highest BCUT2D eigenvalue weighted by Crippen LogP contribution is 2.11. The molecular weight excluding hydrogens is 302 g/mol. The fraction of sp³-hybridized carbons (Fsp3) is 0.263. The summed E-state index contributed by atoms with van der Waals surface area (Å²) in [5, 5.41) is 5.63. The topological polar surface area (TPSA) is 63.1 Å². The molecule has 1 aromatic carbocycles. The molecule has 0 aliphatic carbocycles. The lowest BCUT2D eigenvalue weighted by atomic mass is 10.1. The maximum absolute atomic E-state index is 12.0. The highest BCUT2D eigenvalue weighted by atomic mass is 16.2. The Morgan fingerprint density at radius 3 is 2.46 bits per heavy atom. The average Bonchev–Trinajstić information content (AvgIpc) is 2.91. The molecule has 0 radical (unpaired) electrons. The number of rotatable bonds is 7. The van der Waals surface area contributed by atoms with E-state index in [1.807, 2.05) is 50.4 Å². The first-order valence-corrected chi connectivity index (χ1v) is 7.90. The van der Waals surface area contributed by atoms with Gasteiger partial charge < -0.3 is 15.2 Å². The van der Waals surface area contributed by atoms with Crippen molar-refractivity contribution in [2.45, 2.75) is 26.3 Å². The first kappa shape index (κ1) is 17.5. The van der Waals surface area contributed by atoms with Gasteiger partial charge in [0.25, 0.3) is 0 Å². The summed E-state index contributed by atoms with van der Waals surface area (Å²) in [5.41, 5.74) is 4.02. The van der Waals surface area contributed by atoms with Crippen molar-refractivity contribution in [3.63, 3.8) is 0 Å². The summed E-state index contributed by atoms with van der Waals surface area (Å²) in [6.45, 7) is 5.98. The van der Waals surface area contributed by atoms with E-state index in [1.54, 1.807) is 0 Å². The molecule has 5 heteroatoms. The van der Waals surface area contributed by atoms with E-state index in [0.717, 1.165) is 11.3 Å². The van der Waals surface area contributed by atoms with Gasteiger partial charge in [-0.1, -0.05) is 18.7 Å². The van der Waals surface area contributed by atoms with E-state index in [1.165, 1.54) is 11.8 Å². The maximum atomic E-state index is 12.0. The number of anilines is 1. The summed E-state index contributed by atoms with van der Waals surface area (Å²) in [5.74, 6) is -0.212. The molecule has 2 rings (SSSR count). The van der Waals surface area contributed by atoms with Gasteiger partial charge in [0, 0.05) is 30.5 Å². The summed E-state index contributed by atoms with van der Waals surface area (Å²) in [7, 11) is 1.99. The molecule has 2 amide bonds. The van der Waals surface area contributed by atoms with E-state index in [4.69, 9.17) is 0 Å². The summed E-state index contributed by atoms with van der Waals surface area (Å²) in [6.07, 6.45) is 2.32. The van der Waals surface area contributed by atoms with Crippen molar-refractivity contribution in [2.24, 2.45) is 7.05 Å². The Morgan fingerprint density at radius 2 is 1.88 bits per heavy atom. The van der Waals surface area contributed by atoms with Crippen molar-refractivity contribution in [2.75, 3.05) is 5.32 Å². The largest absolute Gasteiger partial charge is 0.351 e. The first-order valence-electron chi connectivity index (χ1n) is 7.90. The number of aryl methyl sites for hydroxylation is 2. The predicted octanol–water partition coefficient (Wildman–Crippen LogP) is 2.71. The standard InChI is InChI=1S/C19H23N3O2/c1-4-18(23)21-16-9-6-15(7-10-16)8-12-19(24)20-13-17-11-5-14(2)22(17)3/h4-7,9-11H,1,8,12-13H2,2-3H3,(H,20,24)(H,21,23). The molecule has 0 unspecified atom stereocenters. The van der Waals surface area contributed by atoms with Crippen molar-refractivity contribution < 1.29 is 9.59 Å². The van der Waals surface area contributed by atoms with Crippen molar-refractivity contribution >= 4 is 17.5 Å². The van der Waals surface area contributed by atoms with Crippen LogP contribution >= 0.6 is 0 Å². The molecule has 0 saturated heterocycles. The summed E-state index contributed by atoms with van der Waals surface area (Å²) in [6, 6.07) is 11.5. The van der Waals surface area contributed by atoms with Crippen LogP contribution in [0.4, 0.5) is 5.69 Å². The quantitative estimate of drug-likeness (QED) is 0.769. The molecule has 126 valence electrons. The van der Waals surface area contributed by atoms with Crippen LogP contribution < -0.4 is 10.6 Å². The van der Waals surface area contributed by atoms with Crippen LogP contribution in [0.15, 0.2) is 49.1 Å². The molecule has 0 aliphatic rings. The summed E-state index contributed by atoms with van der Waals surface area (Å²) in [4.78, 5) is 23.2. The zero-order chi connectivity index (χ0) is 17.5. The Morgan fingerprint density at radius 1 is 1.17 bits per heavy atom. The molecule has 1 aromatic heterocycles. The second kappa shape index (κ2) is 8.15. The van der Waals surface area contributed by atoms with Gasteiger partial charge >= 0.3 is 0 Å². The molecule has 1 heterocycles. The van der Waals surface area contributed by atoms with Gasteiger partial charge in [-0.05, 0) is 49.2 Å². The van der Waals surface area contributed by atoms with Crippen LogP contribution in [-0.2, 0) is 29.6 Å². The molecule has 0 spiro atoms. The van der Waals surface area contributed by atoms with E-state index in [-0.39, 0.29) is 11.8 Å². The fourth-order valence-corrected chi connectivity index (χ4v) is 2.33. The third-order valence-corrected chi connectivity index (χ3v) is 3.99. The smallest absolute Gasteiger partial charge is 0.247 e. The van der Waals surface area contributed by atoms with Gasteiger partial charge in [-0.25, -0.2) is 0 Å². The number of nitrogens with zero attached hydrogens (tertiary/aromatic N) is 1. The second-order valence-electron chi connectivity index (χ2n) is 5.69. The van der Waals surface area contributed by atoms with Gasteiger partial charge in [0.15, 0.2) is 0 Å². The zero-order valence-corrected chi connectivity index (χ0v) is 14.1. The lowest BCUT2D eigenvalue weighted by Gasteiger charge is -2.08. The van der Waals surface area contributed by atoms with Crippen LogP contribution in [-0.4, -0.2) is 16.4 Å². The van der Waals surface area contributed by atoms with Crippen LogP contribution in [0.1, 0.15) is 23.4 Å². The molecule has 0 fully saturated rings. The Kier molecular flexibility index (Phi) is 5.95. The van der Waals surface area contributed by atoms with Crippen LogP contribution in [0.5, 0.6) is 0 Å². The van der Waals surface area contributed by atoms with E-state index in [2.05, 4.69) is 21.8 Å². The zero-order valence-electron chi connectivity index (χ0n) is 14.1. The van der Waals surface area contributed by atoms with Crippen LogP contribution in [0.2, 0.25) is 0 Å². The normalized spacial score (nSPS) is 10.2. The van der Waals surface area contributed by atoms with Crippen molar-refractivity contribution in [1.29, 1.82) is 0 Å². The molecule has 0 bridgehead atoms. The minimum atomic E-state index is -0.238. The number of nitrogens with one attached hydrogen (secondary N) is 2. The number of benzene rings is 1. The van der Waals surface area contributed by atoms with Crippen LogP contribution in [0, 0.1) is 6.92 Å². The minimum absolute atomic E-state index is 0.0258. The van der Waals surface area contributed by atoms with Gasteiger partial charge in [-0.2, -0.15) is 0 Å². The van der Waals surface area contributed by atoms with E-state index in [0.29, 0.717) is 25.1 Å². The van der Waals surface area contributed by atoms with Gasteiger partial charge in [0.2, 0.25) is 11.8 Å². The lowest BCUT2D eigenvalue weighted by Crippen LogP contribution is -2.24. The summed E-state index contributed by atoms with van der Waals surface area (Å²) < 4.78 is 2.07. The highest BCUT2D eigenvalue weighted by Gasteiger charge is 2.05. The predicted molar refractivity (Wildman–Crippen MR) is 95.6 cm³/mol. The maximum Gasteiger partial charge on any atom is 0.247 e. The number of amides is 2. The van der Waals surface area contributed by atoms with E-state index in [9.17, 15) is 9.59 Å². The Hall–Kier alpha value is -2.82. The molecule has 2 N–H and O–H groups in total. The molecule has 2 aromatic rings.